The highest BCUT2D eigenvalue weighted by atomic mass is 16.4. The normalized spacial score (nSPS) is 15.1. The molecule has 1 aliphatic heterocycles. The van der Waals surface area contributed by atoms with E-state index in [1.54, 1.807) is 29.5 Å². The third-order valence-electron chi connectivity index (χ3n) is 1.21. The van der Waals surface area contributed by atoms with Crippen LogP contribution in [-0.2, 0) is 4.79 Å². The highest BCUT2D eigenvalue weighted by Gasteiger charge is 2.00. The molecule has 0 unspecified atom stereocenters. The van der Waals surface area contributed by atoms with Crippen molar-refractivity contribution in [2.45, 2.75) is 0 Å². The van der Waals surface area contributed by atoms with Crippen molar-refractivity contribution in [2.75, 3.05) is 6.54 Å². The van der Waals surface area contributed by atoms with Crippen LogP contribution in [0.2, 0.25) is 0 Å². The van der Waals surface area contributed by atoms with E-state index < -0.39 is 5.97 Å². The van der Waals surface area contributed by atoms with Gasteiger partial charge in [-0.1, -0.05) is 12.2 Å². The predicted molar refractivity (Wildman–Crippen MR) is 41.8 cm³/mol. The highest BCUT2D eigenvalue weighted by Crippen LogP contribution is 1.96. The van der Waals surface area contributed by atoms with Gasteiger partial charge in [0.15, 0.2) is 0 Å². The van der Waals surface area contributed by atoms with Crippen LogP contribution in [0.5, 0.6) is 0 Å². The van der Waals surface area contributed by atoms with Crippen LogP contribution >= 0.6 is 0 Å². The Morgan fingerprint density at radius 1 is 1.18 bits per heavy atom. The molecular formula is C8H9NO2. The van der Waals surface area contributed by atoms with Gasteiger partial charge in [0.1, 0.15) is 6.54 Å². The lowest BCUT2D eigenvalue weighted by Crippen LogP contribution is -2.18. The number of nitrogens with zero attached hydrogens (tertiary/aromatic N) is 1. The monoisotopic (exact) mass is 151 g/mol. The van der Waals surface area contributed by atoms with Crippen LogP contribution in [0.1, 0.15) is 0 Å². The molecule has 11 heavy (non-hydrogen) atoms. The molecule has 3 heteroatoms. The van der Waals surface area contributed by atoms with Crippen molar-refractivity contribution in [3.05, 3.63) is 36.7 Å². The number of hydrogen-bond acceptors (Lipinski definition) is 2. The molecule has 0 aromatic heterocycles. The summed E-state index contributed by atoms with van der Waals surface area (Å²) in [5.41, 5.74) is 0. The summed E-state index contributed by atoms with van der Waals surface area (Å²) in [6.07, 6.45) is 10.7. The Hall–Kier alpha value is -1.51. The molecule has 1 heterocycles. The summed E-state index contributed by atoms with van der Waals surface area (Å²) < 4.78 is 0. The highest BCUT2D eigenvalue weighted by molar-refractivity contribution is 5.69. The van der Waals surface area contributed by atoms with E-state index in [2.05, 4.69) is 0 Å². The van der Waals surface area contributed by atoms with E-state index in [1.165, 1.54) is 0 Å². The molecule has 0 saturated carbocycles. The summed E-state index contributed by atoms with van der Waals surface area (Å²) >= 11 is 0. The molecule has 0 radical (unpaired) electrons. The predicted octanol–water partition coefficient (Wildman–Crippen LogP) is 0.970. The van der Waals surface area contributed by atoms with Gasteiger partial charge >= 0.3 is 5.97 Å². The first kappa shape index (κ1) is 7.60. The Bertz CT molecular complexity index is 212. The molecule has 0 amide bonds. The molecule has 58 valence electrons. The Labute approximate surface area is 64.9 Å². The Balaban J connectivity index is 2.53. The zero-order valence-corrected chi connectivity index (χ0v) is 5.97. The van der Waals surface area contributed by atoms with Gasteiger partial charge in [-0.2, -0.15) is 0 Å². The van der Waals surface area contributed by atoms with Gasteiger partial charge in [-0.25, -0.2) is 0 Å². The van der Waals surface area contributed by atoms with Crippen LogP contribution in [-0.4, -0.2) is 22.5 Å². The van der Waals surface area contributed by atoms with E-state index >= 15 is 0 Å². The number of carboxylic acid groups (broad SMARTS) is 1. The number of carboxylic acids is 1. The molecular weight excluding hydrogens is 142 g/mol. The molecule has 1 rings (SSSR count). The fourth-order valence-electron chi connectivity index (χ4n) is 0.760. The van der Waals surface area contributed by atoms with Gasteiger partial charge in [-0.3, -0.25) is 4.79 Å². The molecule has 0 atom stereocenters. The van der Waals surface area contributed by atoms with Gasteiger partial charge in [0.05, 0.1) is 0 Å². The fraction of sp³-hybridized carbons (Fsp3) is 0.125. The summed E-state index contributed by atoms with van der Waals surface area (Å²) in [4.78, 5) is 11.8. The van der Waals surface area contributed by atoms with Crippen LogP contribution in [0, 0.1) is 0 Å². The Kier molecular flexibility index (Phi) is 2.49. The molecule has 0 saturated heterocycles. The molecule has 0 fully saturated rings. The third kappa shape index (κ3) is 2.71. The molecule has 3 nitrogen and oxygen atoms in total. The first-order valence-corrected chi connectivity index (χ1v) is 3.28. The van der Waals surface area contributed by atoms with Crippen molar-refractivity contribution in [3.63, 3.8) is 0 Å². The second kappa shape index (κ2) is 3.61. The van der Waals surface area contributed by atoms with E-state index in [4.69, 9.17) is 5.11 Å². The summed E-state index contributed by atoms with van der Waals surface area (Å²) in [7, 11) is 0. The Morgan fingerprint density at radius 3 is 2.18 bits per heavy atom. The maximum atomic E-state index is 10.2. The molecule has 1 aliphatic rings. The first-order chi connectivity index (χ1) is 5.29. The van der Waals surface area contributed by atoms with Gasteiger partial charge in [-0.05, 0) is 12.2 Å². The molecule has 0 aromatic carbocycles. The van der Waals surface area contributed by atoms with E-state index in [-0.39, 0.29) is 6.54 Å². The second-order valence-corrected chi connectivity index (χ2v) is 2.13. The van der Waals surface area contributed by atoms with Crippen molar-refractivity contribution in [1.29, 1.82) is 0 Å². The number of carbonyl (C=O) groups is 1. The van der Waals surface area contributed by atoms with E-state index in [9.17, 15) is 4.79 Å². The van der Waals surface area contributed by atoms with Crippen molar-refractivity contribution < 1.29 is 9.90 Å². The fourth-order valence-corrected chi connectivity index (χ4v) is 0.760. The standard InChI is InChI=1S/C8H9NO2/c10-8(11)7-9-5-3-1-2-4-6-9/h1-6H,7H2,(H,10,11). The minimum atomic E-state index is -0.832. The van der Waals surface area contributed by atoms with Gasteiger partial charge < -0.3 is 10.0 Å². The zero-order valence-electron chi connectivity index (χ0n) is 5.97. The summed E-state index contributed by atoms with van der Waals surface area (Å²) in [6.45, 7) is 0.00861. The minimum Gasteiger partial charge on any atom is -0.480 e. The molecule has 0 aliphatic carbocycles. The van der Waals surface area contributed by atoms with Crippen molar-refractivity contribution in [3.8, 4) is 0 Å². The van der Waals surface area contributed by atoms with E-state index in [1.807, 2.05) is 12.2 Å². The lowest BCUT2D eigenvalue weighted by atomic mass is 10.5. The largest absolute Gasteiger partial charge is 0.480 e. The lowest BCUT2D eigenvalue weighted by Gasteiger charge is -2.09. The average molecular weight is 151 g/mol. The van der Waals surface area contributed by atoms with Crippen molar-refractivity contribution in [1.82, 2.24) is 4.90 Å². The minimum absolute atomic E-state index is 0.00861. The van der Waals surface area contributed by atoms with Crippen molar-refractivity contribution in [2.24, 2.45) is 0 Å². The van der Waals surface area contributed by atoms with Crippen LogP contribution in [0.25, 0.3) is 0 Å². The third-order valence-corrected chi connectivity index (χ3v) is 1.21. The van der Waals surface area contributed by atoms with Crippen LogP contribution in [0.15, 0.2) is 36.7 Å². The maximum absolute atomic E-state index is 10.2. The van der Waals surface area contributed by atoms with E-state index in [0.717, 1.165) is 0 Å². The first-order valence-electron chi connectivity index (χ1n) is 3.28. The molecule has 0 bridgehead atoms. The summed E-state index contributed by atoms with van der Waals surface area (Å²) in [5.74, 6) is -0.832. The zero-order chi connectivity index (χ0) is 8.10. The van der Waals surface area contributed by atoms with Crippen LogP contribution in [0.4, 0.5) is 0 Å². The summed E-state index contributed by atoms with van der Waals surface area (Å²) in [6, 6.07) is 0. The summed E-state index contributed by atoms with van der Waals surface area (Å²) in [5, 5.41) is 8.43. The van der Waals surface area contributed by atoms with Crippen LogP contribution < -0.4 is 0 Å². The SMILES string of the molecule is O=C(O)CN1C=CC=CC=C1. The van der Waals surface area contributed by atoms with Gasteiger partial charge in [-0.15, -0.1) is 0 Å². The van der Waals surface area contributed by atoms with E-state index in [0.29, 0.717) is 0 Å². The maximum Gasteiger partial charge on any atom is 0.323 e. The smallest absolute Gasteiger partial charge is 0.323 e. The molecule has 0 aromatic rings. The van der Waals surface area contributed by atoms with Crippen LogP contribution in [0.3, 0.4) is 0 Å². The Morgan fingerprint density at radius 2 is 1.73 bits per heavy atom. The molecule has 0 spiro atoms. The van der Waals surface area contributed by atoms with Gasteiger partial charge in [0, 0.05) is 12.4 Å². The number of rotatable bonds is 2. The lowest BCUT2D eigenvalue weighted by molar-refractivity contribution is -0.137. The van der Waals surface area contributed by atoms with Crippen molar-refractivity contribution >= 4 is 5.97 Å². The van der Waals surface area contributed by atoms with Gasteiger partial charge in [0.25, 0.3) is 0 Å². The number of allylic oxidation sites excluding steroid dienone is 4. The van der Waals surface area contributed by atoms with Gasteiger partial charge in [0.2, 0.25) is 0 Å². The average Bonchev–Trinajstić information content (AvgIpc) is 2.14. The second-order valence-electron chi connectivity index (χ2n) is 2.13. The number of aliphatic carboxylic acids is 1. The quantitative estimate of drug-likeness (QED) is 0.639. The number of hydrogen-bond donors (Lipinski definition) is 1. The topological polar surface area (TPSA) is 40.5 Å². The molecule has 1 N–H and O–H groups in total.